The van der Waals surface area contributed by atoms with Gasteiger partial charge in [0.25, 0.3) is 5.91 Å². The van der Waals surface area contributed by atoms with Gasteiger partial charge in [-0.25, -0.2) is 9.59 Å². The smallest absolute Gasteiger partial charge is 0.414 e. The first-order chi connectivity index (χ1) is 20.5. The Bertz CT molecular complexity index is 1660. The number of likely N-dealkylation sites (tertiary alicyclic amines) is 1. The fourth-order valence-corrected chi connectivity index (χ4v) is 5.45. The second-order valence-corrected chi connectivity index (χ2v) is 10.9. The van der Waals surface area contributed by atoms with E-state index in [1.54, 1.807) is 6.92 Å². The van der Waals surface area contributed by atoms with E-state index in [0.29, 0.717) is 17.3 Å². The van der Waals surface area contributed by atoms with Crippen LogP contribution in [0.15, 0.2) is 65.2 Å². The topological polar surface area (TPSA) is 155 Å². The predicted molar refractivity (Wildman–Crippen MR) is 158 cm³/mol. The molecule has 222 valence electrons. The van der Waals surface area contributed by atoms with Gasteiger partial charge in [0.05, 0.1) is 6.61 Å². The summed E-state index contributed by atoms with van der Waals surface area (Å²) in [7, 11) is 2.17. The fraction of sp³-hybridized carbons (Fsp3) is 0.281. The van der Waals surface area contributed by atoms with Gasteiger partial charge < -0.3 is 29.7 Å². The third-order valence-corrected chi connectivity index (χ3v) is 7.91. The van der Waals surface area contributed by atoms with Crippen LogP contribution in [0.25, 0.3) is 22.5 Å². The molecule has 3 heterocycles. The van der Waals surface area contributed by atoms with Crippen molar-refractivity contribution in [1.82, 2.24) is 15.0 Å². The zero-order chi connectivity index (χ0) is 30.7. The zero-order valence-electron chi connectivity index (χ0n) is 24.1. The van der Waals surface area contributed by atoms with Crippen LogP contribution in [-0.2, 0) is 15.0 Å². The van der Waals surface area contributed by atoms with Gasteiger partial charge in [0.2, 0.25) is 11.7 Å². The van der Waals surface area contributed by atoms with Crippen LogP contribution in [0.3, 0.4) is 0 Å². The first kappa shape index (κ1) is 29.5. The molecule has 11 heteroatoms. The Morgan fingerprint density at radius 2 is 1.58 bits per heavy atom. The molecule has 3 aromatic carbocycles. The average molecular weight is 585 g/mol. The summed E-state index contributed by atoms with van der Waals surface area (Å²) < 4.78 is 11.1. The van der Waals surface area contributed by atoms with E-state index in [-0.39, 0.29) is 11.3 Å². The van der Waals surface area contributed by atoms with Gasteiger partial charge in [-0.1, -0.05) is 29.4 Å². The maximum Gasteiger partial charge on any atom is 0.414 e. The molecule has 0 bridgehead atoms. The molecule has 43 heavy (non-hydrogen) atoms. The molecule has 0 atom stereocenters. The van der Waals surface area contributed by atoms with Crippen molar-refractivity contribution in [2.75, 3.05) is 32.1 Å². The SMILES string of the molecule is Cc1nc(-c2ccc(-c3ccc(C(=O)Nc4ccc5c(c4)C4(CCN(C)CC4)CO5)cc3)c(C)c2)no1.O=C(O)C(=O)O. The van der Waals surface area contributed by atoms with Gasteiger partial charge >= 0.3 is 11.9 Å². The number of rotatable bonds is 4. The zero-order valence-corrected chi connectivity index (χ0v) is 24.1. The van der Waals surface area contributed by atoms with Crippen LogP contribution in [0.4, 0.5) is 5.69 Å². The lowest BCUT2D eigenvalue weighted by Gasteiger charge is -2.36. The van der Waals surface area contributed by atoms with Crippen molar-refractivity contribution in [3.8, 4) is 28.3 Å². The molecule has 0 radical (unpaired) electrons. The van der Waals surface area contributed by atoms with Gasteiger partial charge in [-0.15, -0.1) is 0 Å². The molecule has 1 aromatic heterocycles. The quantitative estimate of drug-likeness (QED) is 0.285. The van der Waals surface area contributed by atoms with Crippen molar-refractivity contribution >= 4 is 23.5 Å². The molecule has 2 aliphatic heterocycles. The van der Waals surface area contributed by atoms with Gasteiger partial charge in [0.1, 0.15) is 5.75 Å². The number of aromatic nitrogens is 2. The summed E-state index contributed by atoms with van der Waals surface area (Å²) in [5.74, 6) is -1.70. The number of anilines is 1. The van der Waals surface area contributed by atoms with E-state index in [0.717, 1.165) is 66.2 Å². The minimum atomic E-state index is -1.82. The van der Waals surface area contributed by atoms with Crippen molar-refractivity contribution in [3.05, 3.63) is 83.2 Å². The minimum Gasteiger partial charge on any atom is -0.492 e. The largest absolute Gasteiger partial charge is 0.492 e. The minimum absolute atomic E-state index is 0.0558. The number of hydrogen-bond acceptors (Lipinski definition) is 8. The van der Waals surface area contributed by atoms with Gasteiger partial charge in [-0.05, 0) is 93.0 Å². The number of fused-ring (bicyclic) bond motifs is 2. The summed E-state index contributed by atoms with van der Waals surface area (Å²) in [4.78, 5) is 37.9. The second-order valence-electron chi connectivity index (χ2n) is 10.9. The lowest BCUT2D eigenvalue weighted by atomic mass is 9.74. The Morgan fingerprint density at radius 3 is 2.19 bits per heavy atom. The molecular formula is C32H32N4O7. The number of carbonyl (C=O) groups excluding carboxylic acids is 1. The number of nitrogens with zero attached hydrogens (tertiary/aromatic N) is 3. The van der Waals surface area contributed by atoms with E-state index in [1.807, 2.05) is 42.5 Å². The average Bonchev–Trinajstić information content (AvgIpc) is 3.58. The van der Waals surface area contributed by atoms with Gasteiger partial charge in [0.15, 0.2) is 0 Å². The molecule has 1 spiro atoms. The van der Waals surface area contributed by atoms with E-state index in [1.165, 1.54) is 5.56 Å². The number of piperidine rings is 1. The van der Waals surface area contributed by atoms with Crippen LogP contribution in [0.1, 0.15) is 40.2 Å². The van der Waals surface area contributed by atoms with Crippen LogP contribution in [0.2, 0.25) is 0 Å². The Kier molecular flexibility index (Phi) is 8.27. The van der Waals surface area contributed by atoms with Gasteiger partial charge in [-0.3, -0.25) is 4.79 Å². The third-order valence-electron chi connectivity index (χ3n) is 7.91. The number of amides is 1. The first-order valence-electron chi connectivity index (χ1n) is 13.8. The number of aryl methyl sites for hydroxylation is 2. The number of carboxylic acids is 2. The van der Waals surface area contributed by atoms with Crippen molar-refractivity contribution in [3.63, 3.8) is 0 Å². The molecule has 4 aromatic rings. The number of benzene rings is 3. The Labute approximate surface area is 248 Å². The monoisotopic (exact) mass is 584 g/mol. The second kappa shape index (κ2) is 12.1. The Hall–Kier alpha value is -5.03. The summed E-state index contributed by atoms with van der Waals surface area (Å²) in [5, 5.41) is 21.9. The normalized spacial score (nSPS) is 15.1. The Morgan fingerprint density at radius 1 is 0.907 bits per heavy atom. The number of hydrogen-bond donors (Lipinski definition) is 3. The number of aliphatic carboxylic acids is 2. The predicted octanol–water partition coefficient (Wildman–Crippen LogP) is 4.78. The molecule has 0 saturated carbocycles. The van der Waals surface area contributed by atoms with Crippen molar-refractivity contribution in [1.29, 1.82) is 0 Å². The Balaban J connectivity index is 0.000000559. The molecule has 6 rings (SSSR count). The highest BCUT2D eigenvalue weighted by molar-refractivity contribution is 6.27. The van der Waals surface area contributed by atoms with Crippen LogP contribution < -0.4 is 10.1 Å². The van der Waals surface area contributed by atoms with Crippen molar-refractivity contribution in [2.24, 2.45) is 0 Å². The molecule has 0 aliphatic carbocycles. The highest BCUT2D eigenvalue weighted by Gasteiger charge is 2.42. The fourth-order valence-electron chi connectivity index (χ4n) is 5.45. The van der Waals surface area contributed by atoms with Crippen LogP contribution in [0, 0.1) is 13.8 Å². The van der Waals surface area contributed by atoms with E-state index >= 15 is 0 Å². The molecule has 1 fully saturated rings. The molecule has 1 saturated heterocycles. The summed E-state index contributed by atoms with van der Waals surface area (Å²) >= 11 is 0. The lowest BCUT2D eigenvalue weighted by Crippen LogP contribution is -2.41. The molecule has 0 unspecified atom stereocenters. The van der Waals surface area contributed by atoms with Crippen LogP contribution in [-0.4, -0.2) is 69.8 Å². The maximum atomic E-state index is 13.1. The summed E-state index contributed by atoms with van der Waals surface area (Å²) in [5.41, 5.74) is 6.85. The van der Waals surface area contributed by atoms with E-state index < -0.39 is 11.9 Å². The number of carbonyl (C=O) groups is 3. The highest BCUT2D eigenvalue weighted by Crippen LogP contribution is 2.46. The molecule has 11 nitrogen and oxygen atoms in total. The number of carboxylic acid groups (broad SMARTS) is 2. The van der Waals surface area contributed by atoms with Crippen molar-refractivity contribution in [2.45, 2.75) is 32.1 Å². The molecule has 2 aliphatic rings. The standard InChI is InChI=1S/C30H30N4O3.C2H2O4/c1-19-16-23(28-31-20(2)37-33-28)8-10-25(19)21-4-6-22(7-5-21)29(35)32-24-9-11-27-26(17-24)30(18-36-27)12-14-34(3)15-13-30;3-1(4)2(5)6/h4-11,16-17H,12-15,18H2,1-3H3,(H,32,35);(H,3,4)(H,5,6). The third kappa shape index (κ3) is 6.41. The van der Waals surface area contributed by atoms with Crippen molar-refractivity contribution < 1.29 is 33.9 Å². The van der Waals surface area contributed by atoms with E-state index in [9.17, 15) is 4.79 Å². The summed E-state index contributed by atoms with van der Waals surface area (Å²) in [6, 6.07) is 19.8. The highest BCUT2D eigenvalue weighted by atomic mass is 16.5. The number of ether oxygens (including phenoxy) is 1. The summed E-state index contributed by atoms with van der Waals surface area (Å²) in [6.45, 7) is 6.68. The van der Waals surface area contributed by atoms with Crippen LogP contribution in [0.5, 0.6) is 5.75 Å². The van der Waals surface area contributed by atoms with E-state index in [2.05, 4.69) is 52.5 Å². The van der Waals surface area contributed by atoms with E-state index in [4.69, 9.17) is 29.1 Å². The van der Waals surface area contributed by atoms with Gasteiger partial charge in [-0.2, -0.15) is 4.98 Å². The van der Waals surface area contributed by atoms with Crippen LogP contribution >= 0.6 is 0 Å². The first-order valence-corrected chi connectivity index (χ1v) is 13.8. The maximum absolute atomic E-state index is 13.1. The lowest BCUT2D eigenvalue weighted by molar-refractivity contribution is -0.159. The molecule has 1 amide bonds. The van der Waals surface area contributed by atoms with Gasteiger partial charge in [0, 0.05) is 34.7 Å². The number of nitrogens with one attached hydrogen (secondary N) is 1. The summed E-state index contributed by atoms with van der Waals surface area (Å²) in [6.07, 6.45) is 2.15. The molecular weight excluding hydrogens is 552 g/mol. The molecule has 3 N–H and O–H groups in total.